The van der Waals surface area contributed by atoms with Gasteiger partial charge in [-0.2, -0.15) is 0 Å². The first-order valence-electron chi connectivity index (χ1n) is 5.62. The van der Waals surface area contributed by atoms with E-state index >= 15 is 0 Å². The van der Waals surface area contributed by atoms with Gasteiger partial charge in [0, 0.05) is 18.9 Å². The van der Waals surface area contributed by atoms with Gasteiger partial charge in [0.25, 0.3) is 5.91 Å². The number of carbonyl (C=O) groups excluding carboxylic acids is 3. The van der Waals surface area contributed by atoms with Crippen LogP contribution in [0.25, 0.3) is 0 Å². The van der Waals surface area contributed by atoms with Crippen LogP contribution in [-0.4, -0.2) is 34.8 Å². The smallest absolute Gasteiger partial charge is 0.302 e. The van der Waals surface area contributed by atoms with Gasteiger partial charge in [0.2, 0.25) is 5.91 Å². The van der Waals surface area contributed by atoms with Crippen molar-refractivity contribution < 1.29 is 19.1 Å². The van der Waals surface area contributed by atoms with Crippen molar-refractivity contribution >= 4 is 17.8 Å². The van der Waals surface area contributed by atoms with E-state index in [1.807, 2.05) is 0 Å². The van der Waals surface area contributed by atoms with Crippen LogP contribution in [0.3, 0.4) is 0 Å². The molecule has 2 rings (SSSR count). The van der Waals surface area contributed by atoms with E-state index in [0.29, 0.717) is 18.4 Å². The monoisotopic (exact) mass is 237 g/mol. The number of carbonyl (C=O) groups is 3. The second kappa shape index (κ2) is 3.98. The van der Waals surface area contributed by atoms with Crippen molar-refractivity contribution in [2.45, 2.75) is 38.8 Å². The Bertz CT molecular complexity index is 415. The number of amides is 2. The number of β-lactam (4-membered cyclic amide) rings is 1. The van der Waals surface area contributed by atoms with E-state index in [9.17, 15) is 14.4 Å². The standard InChI is InChI=1S/C12H15NO4/c1-6(2)11(15)13-10-5-8(17-7(3)14)4-9(10)12(13)16/h8-10H,1,4-5H2,2-3H3. The second-order valence-corrected chi connectivity index (χ2v) is 4.67. The fraction of sp³-hybridized carbons (Fsp3) is 0.583. The predicted molar refractivity (Wildman–Crippen MR) is 58.7 cm³/mol. The maximum atomic E-state index is 11.7. The molecule has 1 aliphatic heterocycles. The molecule has 5 nitrogen and oxygen atoms in total. The minimum atomic E-state index is -0.346. The SMILES string of the molecule is C=C(C)C(=O)N1C(=O)C2CC(OC(C)=O)CC21. The first kappa shape index (κ1) is 11.8. The summed E-state index contributed by atoms with van der Waals surface area (Å²) in [5, 5.41) is 0. The summed E-state index contributed by atoms with van der Waals surface area (Å²) >= 11 is 0. The Kier molecular flexibility index (Phi) is 2.77. The zero-order chi connectivity index (χ0) is 12.7. The highest BCUT2D eigenvalue weighted by Gasteiger charge is 2.56. The van der Waals surface area contributed by atoms with Gasteiger partial charge in [-0.1, -0.05) is 6.58 Å². The van der Waals surface area contributed by atoms with Gasteiger partial charge >= 0.3 is 5.97 Å². The van der Waals surface area contributed by atoms with E-state index < -0.39 is 0 Å². The summed E-state index contributed by atoms with van der Waals surface area (Å²) in [7, 11) is 0. The molecule has 5 heteroatoms. The molecule has 17 heavy (non-hydrogen) atoms. The third-order valence-electron chi connectivity index (χ3n) is 3.29. The lowest BCUT2D eigenvalue weighted by Crippen LogP contribution is -2.60. The van der Waals surface area contributed by atoms with E-state index in [2.05, 4.69) is 6.58 Å². The van der Waals surface area contributed by atoms with E-state index in [1.165, 1.54) is 11.8 Å². The van der Waals surface area contributed by atoms with Crippen LogP contribution in [0.4, 0.5) is 0 Å². The number of esters is 1. The molecule has 3 atom stereocenters. The number of imide groups is 1. The second-order valence-electron chi connectivity index (χ2n) is 4.67. The number of fused-ring (bicyclic) bond motifs is 1. The lowest BCUT2D eigenvalue weighted by Gasteiger charge is -2.41. The normalized spacial score (nSPS) is 30.6. The molecule has 2 amide bonds. The zero-order valence-electron chi connectivity index (χ0n) is 9.93. The number of hydrogen-bond donors (Lipinski definition) is 0. The van der Waals surface area contributed by atoms with Gasteiger partial charge < -0.3 is 4.74 Å². The van der Waals surface area contributed by atoms with Crippen LogP contribution in [-0.2, 0) is 19.1 Å². The lowest BCUT2D eigenvalue weighted by molar-refractivity contribution is -0.162. The Morgan fingerprint density at radius 2 is 2.00 bits per heavy atom. The van der Waals surface area contributed by atoms with E-state index in [-0.39, 0.29) is 35.8 Å². The van der Waals surface area contributed by atoms with Gasteiger partial charge in [-0.25, -0.2) is 0 Å². The van der Waals surface area contributed by atoms with Crippen LogP contribution in [0.15, 0.2) is 12.2 Å². The van der Waals surface area contributed by atoms with Crippen molar-refractivity contribution in [2.75, 3.05) is 0 Å². The molecule has 2 aliphatic rings. The summed E-state index contributed by atoms with van der Waals surface area (Å²) in [6.45, 7) is 6.48. The summed E-state index contributed by atoms with van der Waals surface area (Å²) in [4.78, 5) is 35.5. The summed E-state index contributed by atoms with van der Waals surface area (Å²) in [5.41, 5.74) is 0.354. The molecule has 0 aromatic carbocycles. The van der Waals surface area contributed by atoms with Crippen molar-refractivity contribution in [1.29, 1.82) is 0 Å². The van der Waals surface area contributed by atoms with Crippen LogP contribution in [0.5, 0.6) is 0 Å². The maximum absolute atomic E-state index is 11.7. The molecule has 1 aliphatic carbocycles. The Hall–Kier alpha value is -1.65. The molecule has 0 radical (unpaired) electrons. The van der Waals surface area contributed by atoms with Crippen LogP contribution in [0.2, 0.25) is 0 Å². The molecule has 2 fully saturated rings. The molecule has 92 valence electrons. The highest BCUT2D eigenvalue weighted by Crippen LogP contribution is 2.42. The number of hydrogen-bond acceptors (Lipinski definition) is 4. The van der Waals surface area contributed by atoms with Crippen LogP contribution < -0.4 is 0 Å². The molecule has 0 aromatic rings. The average Bonchev–Trinajstić information content (AvgIpc) is 2.56. The van der Waals surface area contributed by atoms with Crippen molar-refractivity contribution in [3.8, 4) is 0 Å². The zero-order valence-corrected chi connectivity index (χ0v) is 9.93. The average molecular weight is 237 g/mol. The molecule has 0 aromatic heterocycles. The molecular formula is C12H15NO4. The van der Waals surface area contributed by atoms with Gasteiger partial charge in [-0.15, -0.1) is 0 Å². The Labute approximate surface area is 99.4 Å². The quantitative estimate of drug-likeness (QED) is 0.401. The number of rotatable bonds is 2. The van der Waals surface area contributed by atoms with Crippen LogP contribution in [0.1, 0.15) is 26.7 Å². The van der Waals surface area contributed by atoms with E-state index in [1.54, 1.807) is 6.92 Å². The van der Waals surface area contributed by atoms with Crippen molar-refractivity contribution in [2.24, 2.45) is 5.92 Å². The molecule has 0 N–H and O–H groups in total. The Morgan fingerprint density at radius 1 is 1.35 bits per heavy atom. The maximum Gasteiger partial charge on any atom is 0.302 e. The van der Waals surface area contributed by atoms with Gasteiger partial charge in [-0.05, 0) is 13.3 Å². The number of ether oxygens (including phenoxy) is 1. The lowest BCUT2D eigenvalue weighted by atomic mass is 9.90. The molecule has 1 heterocycles. The molecule has 1 saturated carbocycles. The third-order valence-corrected chi connectivity index (χ3v) is 3.29. The largest absolute Gasteiger partial charge is 0.462 e. The summed E-state index contributed by atoms with van der Waals surface area (Å²) in [5.74, 6) is -0.999. The number of likely N-dealkylation sites (tertiary alicyclic amines) is 1. The number of nitrogens with zero attached hydrogens (tertiary/aromatic N) is 1. The first-order chi connectivity index (χ1) is 7.91. The van der Waals surface area contributed by atoms with Crippen molar-refractivity contribution in [3.63, 3.8) is 0 Å². The van der Waals surface area contributed by atoms with Gasteiger partial charge in [0.1, 0.15) is 6.10 Å². The predicted octanol–water partition coefficient (Wildman–Crippen LogP) is 0.642. The minimum Gasteiger partial charge on any atom is -0.462 e. The fourth-order valence-electron chi connectivity index (χ4n) is 2.57. The molecule has 1 saturated heterocycles. The third kappa shape index (κ3) is 1.85. The minimum absolute atomic E-state index is 0.115. The topological polar surface area (TPSA) is 63.7 Å². The molecule has 3 unspecified atom stereocenters. The van der Waals surface area contributed by atoms with Gasteiger partial charge in [-0.3, -0.25) is 19.3 Å². The summed E-state index contributed by atoms with van der Waals surface area (Å²) in [6.07, 6.45) is 0.840. The molecular weight excluding hydrogens is 222 g/mol. The van der Waals surface area contributed by atoms with Gasteiger partial charge in [0.05, 0.1) is 12.0 Å². The van der Waals surface area contributed by atoms with E-state index in [4.69, 9.17) is 4.74 Å². The van der Waals surface area contributed by atoms with Crippen LogP contribution >= 0.6 is 0 Å². The summed E-state index contributed by atoms with van der Waals surface area (Å²) < 4.78 is 5.08. The fourth-order valence-corrected chi connectivity index (χ4v) is 2.57. The molecule has 0 spiro atoms. The summed E-state index contributed by atoms with van der Waals surface area (Å²) in [6, 6.07) is -0.115. The van der Waals surface area contributed by atoms with Gasteiger partial charge in [0.15, 0.2) is 0 Å². The Morgan fingerprint density at radius 3 is 2.53 bits per heavy atom. The van der Waals surface area contributed by atoms with E-state index in [0.717, 1.165) is 0 Å². The Balaban J connectivity index is 2.04. The molecule has 0 bridgehead atoms. The van der Waals surface area contributed by atoms with Crippen LogP contribution in [0, 0.1) is 5.92 Å². The highest BCUT2D eigenvalue weighted by molar-refractivity contribution is 6.08. The van der Waals surface area contributed by atoms with Crippen molar-refractivity contribution in [3.05, 3.63) is 12.2 Å². The first-order valence-corrected chi connectivity index (χ1v) is 5.62. The highest BCUT2D eigenvalue weighted by atomic mass is 16.5. The van der Waals surface area contributed by atoms with Crippen molar-refractivity contribution in [1.82, 2.24) is 4.90 Å².